The number of hydrogen-bond acceptors (Lipinski definition) is 5. The molecule has 1 aromatic carbocycles. The van der Waals surface area contributed by atoms with Gasteiger partial charge in [0.25, 0.3) is 0 Å². The van der Waals surface area contributed by atoms with Crippen LogP contribution in [-0.2, 0) is 20.9 Å². The summed E-state index contributed by atoms with van der Waals surface area (Å²) >= 11 is 0. The first-order valence-electron chi connectivity index (χ1n) is 15.0. The summed E-state index contributed by atoms with van der Waals surface area (Å²) in [5.74, 6) is 0.595. The van der Waals surface area contributed by atoms with Crippen LogP contribution in [0.15, 0.2) is 30.3 Å². The third-order valence-electron chi connectivity index (χ3n) is 9.13. The molecule has 5 rings (SSSR count). The van der Waals surface area contributed by atoms with E-state index in [1.165, 1.54) is 37.7 Å². The number of aryl methyl sites for hydroxylation is 1. The fourth-order valence-corrected chi connectivity index (χ4v) is 6.77. The molecule has 228 valence electrons. The molecule has 1 spiro atoms. The summed E-state index contributed by atoms with van der Waals surface area (Å²) in [5, 5.41) is 7.88. The first-order valence-corrected chi connectivity index (χ1v) is 15.0. The van der Waals surface area contributed by atoms with Crippen molar-refractivity contribution in [1.82, 2.24) is 24.9 Å². The Hall–Kier alpha value is -2.13. The second-order valence-electron chi connectivity index (χ2n) is 11.8. The van der Waals surface area contributed by atoms with Crippen LogP contribution in [0.25, 0.3) is 5.69 Å². The maximum atomic E-state index is 13.6. The first-order chi connectivity index (χ1) is 18.9. The molecule has 8 nitrogen and oxygen atoms in total. The molecular weight excluding hydrogens is 561 g/mol. The largest absolute Gasteiger partial charge is 0.378 e. The number of carbonyl (C=O) groups excluding carboxylic acids is 2. The van der Waals surface area contributed by atoms with Crippen molar-refractivity contribution in [2.24, 2.45) is 5.92 Å². The lowest BCUT2D eigenvalue weighted by Crippen LogP contribution is -2.73. The molecule has 1 saturated carbocycles. The Labute approximate surface area is 257 Å². The summed E-state index contributed by atoms with van der Waals surface area (Å²) in [7, 11) is 0. The van der Waals surface area contributed by atoms with Gasteiger partial charge in [-0.15, -0.1) is 24.8 Å². The number of nitrogens with zero attached hydrogens (tertiary/aromatic N) is 4. The van der Waals surface area contributed by atoms with Gasteiger partial charge < -0.3 is 15.0 Å². The van der Waals surface area contributed by atoms with Crippen LogP contribution in [0.4, 0.5) is 0 Å². The van der Waals surface area contributed by atoms with Crippen LogP contribution in [0.3, 0.4) is 0 Å². The molecule has 3 aliphatic rings. The van der Waals surface area contributed by atoms with Gasteiger partial charge in [0.15, 0.2) is 0 Å². The summed E-state index contributed by atoms with van der Waals surface area (Å²) in [6, 6.07) is 9.64. The van der Waals surface area contributed by atoms with Crippen LogP contribution in [0.1, 0.15) is 75.2 Å². The number of ether oxygens (including phenoxy) is 1. The number of benzene rings is 1. The van der Waals surface area contributed by atoms with E-state index in [1.54, 1.807) is 0 Å². The van der Waals surface area contributed by atoms with Crippen LogP contribution in [0.2, 0.25) is 0 Å². The molecule has 0 radical (unpaired) electrons. The van der Waals surface area contributed by atoms with Crippen LogP contribution in [0.5, 0.6) is 0 Å². The minimum absolute atomic E-state index is 0. The molecule has 2 saturated heterocycles. The van der Waals surface area contributed by atoms with Gasteiger partial charge in [0.2, 0.25) is 11.8 Å². The maximum absolute atomic E-state index is 13.6. The van der Waals surface area contributed by atoms with Gasteiger partial charge in [-0.25, -0.2) is 4.68 Å². The topological polar surface area (TPSA) is 79.7 Å². The molecule has 2 aromatic rings. The second-order valence-corrected chi connectivity index (χ2v) is 11.8. The number of halogens is 2. The molecule has 2 aliphatic heterocycles. The van der Waals surface area contributed by atoms with Gasteiger partial charge in [0.1, 0.15) is 11.6 Å². The standard InChI is InChI=1S/C31H45N5O3.2ClH/c1-4-17-35-29(37)28(22-39-21-25-11-7-5-8-12-25)32-30(38)31(35)15-18-34(19-16-31)20-27-23(2)33-36(24(27)3)26-13-9-6-10-14-26;;/h6,9-10,13-14,25,28H,4-5,7-8,11-12,15-22H2,1-3H3,(H,32,38);2*1H. The molecule has 10 heteroatoms. The number of para-hydroxylation sites is 1. The predicted octanol–water partition coefficient (Wildman–Crippen LogP) is 5.00. The van der Waals surface area contributed by atoms with Crippen LogP contribution < -0.4 is 5.32 Å². The summed E-state index contributed by atoms with van der Waals surface area (Å²) in [6.07, 6.45) is 8.39. The minimum Gasteiger partial charge on any atom is -0.378 e. The number of piperidine rings is 1. The number of carbonyl (C=O) groups is 2. The second kappa shape index (κ2) is 14.9. The van der Waals surface area contributed by atoms with E-state index in [-0.39, 0.29) is 43.2 Å². The highest BCUT2D eigenvalue weighted by Gasteiger charge is 2.53. The summed E-state index contributed by atoms with van der Waals surface area (Å²) < 4.78 is 8.01. The van der Waals surface area contributed by atoms with Crippen molar-refractivity contribution >= 4 is 36.6 Å². The number of nitrogens with one attached hydrogen (secondary N) is 1. The predicted molar refractivity (Wildman–Crippen MR) is 166 cm³/mol. The van der Waals surface area contributed by atoms with Crippen molar-refractivity contribution in [3.05, 3.63) is 47.3 Å². The molecule has 3 heterocycles. The zero-order chi connectivity index (χ0) is 27.4. The van der Waals surface area contributed by atoms with E-state index in [0.717, 1.165) is 43.1 Å². The van der Waals surface area contributed by atoms with Crippen molar-refractivity contribution in [2.45, 2.75) is 90.3 Å². The molecule has 1 N–H and O–H groups in total. The normalized spacial score (nSPS) is 21.3. The molecule has 2 amide bonds. The number of hydrogen-bond donors (Lipinski definition) is 1. The maximum Gasteiger partial charge on any atom is 0.248 e. The van der Waals surface area contributed by atoms with Crippen molar-refractivity contribution < 1.29 is 14.3 Å². The average Bonchev–Trinajstić information content (AvgIpc) is 3.24. The molecule has 1 atom stereocenters. The molecule has 1 aromatic heterocycles. The monoisotopic (exact) mass is 607 g/mol. The summed E-state index contributed by atoms with van der Waals surface area (Å²) in [4.78, 5) is 31.5. The Morgan fingerprint density at radius 1 is 1.00 bits per heavy atom. The highest BCUT2D eigenvalue weighted by molar-refractivity contribution is 6.00. The number of amides is 2. The van der Waals surface area contributed by atoms with E-state index in [2.05, 4.69) is 43.1 Å². The Kier molecular flexibility index (Phi) is 12.1. The van der Waals surface area contributed by atoms with Crippen LogP contribution >= 0.6 is 24.8 Å². The first kappa shape index (κ1) is 33.4. The minimum atomic E-state index is -0.762. The summed E-state index contributed by atoms with van der Waals surface area (Å²) in [5.41, 5.74) is 3.72. The Bertz CT molecular complexity index is 1140. The average molecular weight is 609 g/mol. The molecule has 0 bridgehead atoms. The lowest BCUT2D eigenvalue weighted by molar-refractivity contribution is -0.163. The van der Waals surface area contributed by atoms with Gasteiger partial charge in [-0.1, -0.05) is 44.4 Å². The third kappa shape index (κ3) is 7.10. The molecule has 3 fully saturated rings. The smallest absolute Gasteiger partial charge is 0.248 e. The number of aromatic nitrogens is 2. The highest BCUT2D eigenvalue weighted by Crippen LogP contribution is 2.34. The van der Waals surface area contributed by atoms with Gasteiger partial charge in [-0.2, -0.15) is 5.10 Å². The Morgan fingerprint density at radius 2 is 1.68 bits per heavy atom. The number of piperazine rings is 1. The van der Waals surface area contributed by atoms with E-state index in [0.29, 0.717) is 31.9 Å². The third-order valence-corrected chi connectivity index (χ3v) is 9.13. The van der Waals surface area contributed by atoms with E-state index in [1.807, 2.05) is 27.8 Å². The Balaban J connectivity index is 0.00000231. The summed E-state index contributed by atoms with van der Waals surface area (Å²) in [6.45, 7) is 10.2. The fourth-order valence-electron chi connectivity index (χ4n) is 6.77. The van der Waals surface area contributed by atoms with Crippen LogP contribution in [-0.4, -0.2) is 75.8 Å². The highest BCUT2D eigenvalue weighted by atomic mass is 35.5. The van der Waals surface area contributed by atoms with Crippen molar-refractivity contribution in [2.75, 3.05) is 32.8 Å². The molecule has 1 aliphatic carbocycles. The molecular formula is C31H47Cl2N5O3. The fraction of sp³-hybridized carbons (Fsp3) is 0.645. The lowest BCUT2D eigenvalue weighted by Gasteiger charge is -2.51. The zero-order valence-electron chi connectivity index (χ0n) is 24.8. The number of rotatable bonds is 9. The Morgan fingerprint density at radius 3 is 2.34 bits per heavy atom. The molecule has 41 heavy (non-hydrogen) atoms. The van der Waals surface area contributed by atoms with E-state index in [4.69, 9.17) is 9.84 Å². The van der Waals surface area contributed by atoms with Gasteiger partial charge in [0.05, 0.1) is 18.0 Å². The van der Waals surface area contributed by atoms with Crippen LogP contribution in [0, 0.1) is 19.8 Å². The molecule has 1 unspecified atom stereocenters. The van der Waals surface area contributed by atoms with Gasteiger partial charge in [0, 0.05) is 44.0 Å². The number of likely N-dealkylation sites (tertiary alicyclic amines) is 1. The lowest BCUT2D eigenvalue weighted by atomic mass is 9.81. The SMILES string of the molecule is CCCN1C(=O)C(COCC2CCCCC2)NC(=O)C12CCN(Cc1c(C)nn(-c3ccccc3)c1C)CC2.Cl.Cl. The van der Waals surface area contributed by atoms with Crippen molar-refractivity contribution in [1.29, 1.82) is 0 Å². The quantitative estimate of drug-likeness (QED) is 0.434. The van der Waals surface area contributed by atoms with Gasteiger partial charge in [-0.3, -0.25) is 14.5 Å². The van der Waals surface area contributed by atoms with E-state index >= 15 is 0 Å². The van der Waals surface area contributed by atoms with E-state index < -0.39 is 11.6 Å². The van der Waals surface area contributed by atoms with Gasteiger partial charge >= 0.3 is 0 Å². The van der Waals surface area contributed by atoms with Crippen molar-refractivity contribution in [3.63, 3.8) is 0 Å². The zero-order valence-corrected chi connectivity index (χ0v) is 26.4. The van der Waals surface area contributed by atoms with E-state index in [9.17, 15) is 9.59 Å². The van der Waals surface area contributed by atoms with Gasteiger partial charge in [-0.05, 0) is 64.0 Å². The van der Waals surface area contributed by atoms with Crippen molar-refractivity contribution in [3.8, 4) is 5.69 Å².